The topological polar surface area (TPSA) is 110 Å². The number of hydrogen-bond donors (Lipinski definition) is 2. The maximum atomic E-state index is 12.0. The number of nitrogens with one attached hydrogen (secondary N) is 2. The van der Waals surface area contributed by atoms with Crippen LogP contribution in [0.5, 0.6) is 5.88 Å². The molecule has 0 bridgehead atoms. The molecule has 0 aromatic carbocycles. The Labute approximate surface area is 177 Å². The molecule has 0 radical (unpaired) electrons. The SMILES string of the molecule is C=CC(=O)N1CC(COc2nc(Nc3cnn(C)c3)nc3[nH]cc(Cl)c23)C(OC)C1. The van der Waals surface area contributed by atoms with Crippen molar-refractivity contribution in [3.8, 4) is 5.88 Å². The second-order valence-electron chi connectivity index (χ2n) is 7.03. The number of fused-ring (bicyclic) bond motifs is 1. The normalized spacial score (nSPS) is 18.7. The first-order valence-corrected chi connectivity index (χ1v) is 9.73. The minimum atomic E-state index is -0.138. The number of H-pyrrole nitrogens is 1. The van der Waals surface area contributed by atoms with Gasteiger partial charge in [0.05, 0.1) is 35.0 Å². The number of nitrogens with zero attached hydrogens (tertiary/aromatic N) is 5. The smallest absolute Gasteiger partial charge is 0.246 e. The third-order valence-corrected chi connectivity index (χ3v) is 5.31. The fourth-order valence-corrected chi connectivity index (χ4v) is 3.73. The van der Waals surface area contributed by atoms with E-state index < -0.39 is 0 Å². The van der Waals surface area contributed by atoms with Gasteiger partial charge in [-0.3, -0.25) is 9.48 Å². The predicted molar refractivity (Wildman–Crippen MR) is 112 cm³/mol. The lowest BCUT2D eigenvalue weighted by Gasteiger charge is -2.17. The first kappa shape index (κ1) is 20.2. The van der Waals surface area contributed by atoms with Gasteiger partial charge < -0.3 is 24.7 Å². The minimum Gasteiger partial charge on any atom is -0.477 e. The van der Waals surface area contributed by atoms with Crippen molar-refractivity contribution in [2.24, 2.45) is 13.0 Å². The third-order valence-electron chi connectivity index (χ3n) is 5.02. The molecule has 1 aliphatic rings. The summed E-state index contributed by atoms with van der Waals surface area (Å²) < 4.78 is 13.3. The van der Waals surface area contributed by atoms with Crippen molar-refractivity contribution in [1.29, 1.82) is 0 Å². The molecule has 3 aromatic rings. The van der Waals surface area contributed by atoms with E-state index in [1.807, 2.05) is 13.2 Å². The van der Waals surface area contributed by atoms with Crippen LogP contribution in [0.15, 0.2) is 31.2 Å². The van der Waals surface area contributed by atoms with Crippen LogP contribution in [0.2, 0.25) is 5.02 Å². The van der Waals surface area contributed by atoms with Crippen molar-refractivity contribution in [1.82, 2.24) is 29.6 Å². The molecule has 4 rings (SSSR count). The van der Waals surface area contributed by atoms with Crippen LogP contribution in [-0.4, -0.2) is 68.4 Å². The van der Waals surface area contributed by atoms with Gasteiger partial charge in [0.25, 0.3) is 0 Å². The van der Waals surface area contributed by atoms with Crippen molar-refractivity contribution in [3.63, 3.8) is 0 Å². The van der Waals surface area contributed by atoms with Gasteiger partial charge in [-0.2, -0.15) is 15.1 Å². The second kappa shape index (κ2) is 8.33. The summed E-state index contributed by atoms with van der Waals surface area (Å²) in [5.74, 6) is 0.556. The zero-order chi connectivity index (χ0) is 21.3. The van der Waals surface area contributed by atoms with E-state index in [-0.39, 0.29) is 17.9 Å². The van der Waals surface area contributed by atoms with Crippen molar-refractivity contribution in [2.45, 2.75) is 6.10 Å². The average molecular weight is 432 g/mol. The molecular formula is C19H22ClN7O3. The molecular weight excluding hydrogens is 410 g/mol. The van der Waals surface area contributed by atoms with Crippen LogP contribution < -0.4 is 10.1 Å². The minimum absolute atomic E-state index is 0.0173. The van der Waals surface area contributed by atoms with Gasteiger partial charge in [0.1, 0.15) is 5.65 Å². The number of anilines is 2. The van der Waals surface area contributed by atoms with Crippen molar-refractivity contribution in [3.05, 3.63) is 36.3 Å². The fourth-order valence-electron chi connectivity index (χ4n) is 3.50. The molecule has 10 nitrogen and oxygen atoms in total. The van der Waals surface area contributed by atoms with E-state index >= 15 is 0 Å². The summed E-state index contributed by atoms with van der Waals surface area (Å²) >= 11 is 6.31. The van der Waals surface area contributed by atoms with Gasteiger partial charge in [0, 0.05) is 45.6 Å². The summed E-state index contributed by atoms with van der Waals surface area (Å²) in [6, 6.07) is 0. The highest BCUT2D eigenvalue weighted by Crippen LogP contribution is 2.32. The molecule has 4 heterocycles. The van der Waals surface area contributed by atoms with E-state index in [0.717, 1.165) is 5.69 Å². The second-order valence-corrected chi connectivity index (χ2v) is 7.44. The van der Waals surface area contributed by atoms with E-state index in [2.05, 4.69) is 31.9 Å². The Hall–Kier alpha value is -3.11. The molecule has 158 valence electrons. The largest absolute Gasteiger partial charge is 0.477 e. The van der Waals surface area contributed by atoms with Gasteiger partial charge in [-0.1, -0.05) is 18.2 Å². The van der Waals surface area contributed by atoms with Crippen molar-refractivity contribution >= 4 is 40.2 Å². The number of aromatic nitrogens is 5. The quantitative estimate of drug-likeness (QED) is 0.551. The van der Waals surface area contributed by atoms with Gasteiger partial charge >= 0.3 is 0 Å². The highest BCUT2D eigenvalue weighted by Gasteiger charge is 2.35. The number of rotatable bonds is 7. The van der Waals surface area contributed by atoms with Crippen LogP contribution in [-0.2, 0) is 16.6 Å². The van der Waals surface area contributed by atoms with Gasteiger partial charge in [0.2, 0.25) is 17.7 Å². The van der Waals surface area contributed by atoms with Crippen LogP contribution in [0.4, 0.5) is 11.6 Å². The molecule has 0 saturated carbocycles. The standard InChI is InChI=1S/C19H22ClN7O3/c1-4-15(28)27-7-11(14(9-27)29-3)10-30-18-16-13(20)6-21-17(16)24-19(25-18)23-12-5-22-26(2)8-12/h4-6,8,11,14H,1,7,9-10H2,2-3H3,(H2,21,23,24,25). The number of carbonyl (C=O) groups is 1. The maximum absolute atomic E-state index is 12.0. The van der Waals surface area contributed by atoms with Crippen molar-refractivity contribution in [2.75, 3.05) is 32.1 Å². The number of carbonyl (C=O) groups excluding carboxylic acids is 1. The molecule has 0 spiro atoms. The van der Waals surface area contributed by atoms with E-state index in [4.69, 9.17) is 21.1 Å². The van der Waals surface area contributed by atoms with Gasteiger partial charge in [-0.15, -0.1) is 0 Å². The highest BCUT2D eigenvalue weighted by atomic mass is 35.5. The molecule has 1 amide bonds. The van der Waals surface area contributed by atoms with Gasteiger partial charge in [0.15, 0.2) is 0 Å². The molecule has 1 saturated heterocycles. The molecule has 2 atom stereocenters. The summed E-state index contributed by atoms with van der Waals surface area (Å²) in [6.07, 6.45) is 6.28. The number of aryl methyl sites for hydroxylation is 1. The summed E-state index contributed by atoms with van der Waals surface area (Å²) in [5.41, 5.74) is 1.30. The first-order valence-electron chi connectivity index (χ1n) is 9.35. The summed E-state index contributed by atoms with van der Waals surface area (Å²) in [5, 5.41) is 8.29. The monoisotopic (exact) mass is 431 g/mol. The van der Waals surface area contributed by atoms with Crippen molar-refractivity contribution < 1.29 is 14.3 Å². The predicted octanol–water partition coefficient (Wildman–Crippen LogP) is 2.13. The van der Waals surface area contributed by atoms with E-state index in [1.54, 1.807) is 29.1 Å². The Morgan fingerprint density at radius 3 is 3.00 bits per heavy atom. The molecule has 30 heavy (non-hydrogen) atoms. The summed E-state index contributed by atoms with van der Waals surface area (Å²) in [4.78, 5) is 25.6. The zero-order valence-electron chi connectivity index (χ0n) is 16.6. The molecule has 3 aromatic heterocycles. The van der Waals surface area contributed by atoms with E-state index in [1.165, 1.54) is 6.08 Å². The number of amides is 1. The molecule has 1 aliphatic heterocycles. The highest BCUT2D eigenvalue weighted by molar-refractivity contribution is 6.35. The first-order chi connectivity index (χ1) is 14.5. The summed E-state index contributed by atoms with van der Waals surface area (Å²) in [6.45, 7) is 4.86. The molecule has 11 heteroatoms. The lowest BCUT2D eigenvalue weighted by Crippen LogP contribution is -2.28. The van der Waals surface area contributed by atoms with Gasteiger partial charge in [-0.05, 0) is 6.08 Å². The summed E-state index contributed by atoms with van der Waals surface area (Å²) in [7, 11) is 3.45. The molecule has 0 aliphatic carbocycles. The fraction of sp³-hybridized carbons (Fsp3) is 0.368. The Kier molecular flexibility index (Phi) is 5.60. The average Bonchev–Trinajstić information content (AvgIpc) is 3.44. The molecule has 2 N–H and O–H groups in total. The maximum Gasteiger partial charge on any atom is 0.246 e. The molecule has 2 unspecified atom stereocenters. The number of aromatic amines is 1. The van der Waals surface area contributed by atoms with Crippen LogP contribution in [0.3, 0.4) is 0 Å². The Balaban J connectivity index is 1.56. The van der Waals surface area contributed by atoms with E-state index in [0.29, 0.717) is 47.6 Å². The number of methoxy groups -OCH3 is 1. The van der Waals surface area contributed by atoms with Crippen LogP contribution in [0.25, 0.3) is 11.0 Å². The lowest BCUT2D eigenvalue weighted by molar-refractivity contribution is -0.125. The lowest BCUT2D eigenvalue weighted by atomic mass is 10.1. The number of likely N-dealkylation sites (tertiary alicyclic amines) is 1. The molecule has 1 fully saturated rings. The van der Waals surface area contributed by atoms with Crippen LogP contribution in [0.1, 0.15) is 0 Å². The number of halogens is 1. The number of ether oxygens (including phenoxy) is 2. The Morgan fingerprint density at radius 1 is 1.47 bits per heavy atom. The van der Waals surface area contributed by atoms with Crippen LogP contribution in [0, 0.1) is 5.92 Å². The van der Waals surface area contributed by atoms with Gasteiger partial charge in [-0.25, -0.2) is 0 Å². The van der Waals surface area contributed by atoms with Crippen LogP contribution >= 0.6 is 11.6 Å². The Bertz CT molecular complexity index is 1080. The zero-order valence-corrected chi connectivity index (χ0v) is 17.4. The Morgan fingerprint density at radius 2 is 2.30 bits per heavy atom. The third kappa shape index (κ3) is 3.96. The number of hydrogen-bond acceptors (Lipinski definition) is 7. The van der Waals surface area contributed by atoms with E-state index in [9.17, 15) is 4.79 Å².